The number of ether oxygens (including phenoxy) is 2. The highest BCUT2D eigenvalue weighted by molar-refractivity contribution is 8.26. The van der Waals surface area contributed by atoms with E-state index in [4.69, 9.17) is 21.7 Å². The van der Waals surface area contributed by atoms with Gasteiger partial charge in [-0.05, 0) is 60.4 Å². The van der Waals surface area contributed by atoms with Crippen LogP contribution in [0.1, 0.15) is 43.2 Å². The number of nitrogens with zero attached hydrogens (tertiary/aromatic N) is 1. The summed E-state index contributed by atoms with van der Waals surface area (Å²) in [6.07, 6.45) is 10.5. The molecule has 7 heteroatoms. The van der Waals surface area contributed by atoms with Crippen LogP contribution in [0.25, 0.3) is 12.2 Å². The minimum Gasteiger partial charge on any atom is -0.497 e. The van der Waals surface area contributed by atoms with Crippen LogP contribution in [0.2, 0.25) is 0 Å². The molecule has 2 aliphatic rings. The second kappa shape index (κ2) is 10.8. The Morgan fingerprint density at radius 3 is 2.30 bits per heavy atom. The Hall–Kier alpha value is -2.90. The van der Waals surface area contributed by atoms with Gasteiger partial charge in [-0.25, -0.2) is 4.79 Å². The first kappa shape index (κ1) is 23.3. The van der Waals surface area contributed by atoms with Crippen LogP contribution < -0.4 is 9.47 Å². The van der Waals surface area contributed by atoms with E-state index in [0.717, 1.165) is 42.6 Å². The van der Waals surface area contributed by atoms with Crippen LogP contribution in [-0.4, -0.2) is 34.2 Å². The van der Waals surface area contributed by atoms with E-state index >= 15 is 0 Å². The predicted octanol–water partition coefficient (Wildman–Crippen LogP) is 5.85. The number of esters is 1. The smallest absolute Gasteiger partial charge is 0.336 e. The zero-order chi connectivity index (χ0) is 23.2. The van der Waals surface area contributed by atoms with Gasteiger partial charge in [0, 0.05) is 12.1 Å². The Morgan fingerprint density at radius 2 is 1.64 bits per heavy atom. The van der Waals surface area contributed by atoms with E-state index in [2.05, 4.69) is 0 Å². The number of carbonyl (C=O) groups is 2. The third-order valence-corrected chi connectivity index (χ3v) is 7.02. The fourth-order valence-corrected chi connectivity index (χ4v) is 5.35. The summed E-state index contributed by atoms with van der Waals surface area (Å²) in [5.74, 6) is 0.722. The average Bonchev–Trinajstić information content (AvgIpc) is 3.12. The van der Waals surface area contributed by atoms with Crippen molar-refractivity contribution in [3.05, 3.63) is 70.6 Å². The molecule has 1 amide bonds. The molecule has 1 saturated carbocycles. The van der Waals surface area contributed by atoms with Gasteiger partial charge in [-0.2, -0.15) is 0 Å². The molecule has 4 rings (SSSR count). The fraction of sp³-hybridized carbons (Fsp3) is 0.269. The van der Waals surface area contributed by atoms with Crippen molar-refractivity contribution in [2.24, 2.45) is 0 Å². The Kier molecular flexibility index (Phi) is 7.62. The summed E-state index contributed by atoms with van der Waals surface area (Å²) in [6.45, 7) is 0. The van der Waals surface area contributed by atoms with E-state index in [1.54, 1.807) is 30.2 Å². The minimum atomic E-state index is -0.466. The lowest BCUT2D eigenvalue weighted by Crippen LogP contribution is -2.39. The number of carbonyl (C=O) groups excluding carboxylic acids is 2. The molecule has 33 heavy (non-hydrogen) atoms. The highest BCUT2D eigenvalue weighted by Gasteiger charge is 2.37. The molecule has 1 aliphatic carbocycles. The summed E-state index contributed by atoms with van der Waals surface area (Å²) < 4.78 is 11.1. The molecule has 1 saturated heterocycles. The number of benzene rings is 2. The number of methoxy groups -OCH3 is 1. The summed E-state index contributed by atoms with van der Waals surface area (Å²) in [7, 11) is 1.61. The van der Waals surface area contributed by atoms with Crippen molar-refractivity contribution < 1.29 is 19.1 Å². The summed E-state index contributed by atoms with van der Waals surface area (Å²) in [4.78, 5) is 27.5. The minimum absolute atomic E-state index is 0.00364. The van der Waals surface area contributed by atoms with Gasteiger partial charge in [0.2, 0.25) is 0 Å². The maximum Gasteiger partial charge on any atom is 0.336 e. The summed E-state index contributed by atoms with van der Waals surface area (Å²) in [6, 6.07) is 14.7. The normalized spacial score (nSPS) is 18.3. The van der Waals surface area contributed by atoms with E-state index in [1.807, 2.05) is 42.5 Å². The molecule has 2 aromatic rings. The molecular formula is C26H25NO4S2. The number of amides is 1. The average molecular weight is 480 g/mol. The topological polar surface area (TPSA) is 55.8 Å². The molecule has 1 aliphatic heterocycles. The standard InChI is InChI=1S/C26H25NO4S2/c1-30-21-12-7-18(8-13-21)11-16-24(28)31-22-14-9-19(10-15-22)17-23-25(29)27(26(32)33-23)20-5-3-2-4-6-20/h7-17,20H,2-6H2,1H3/b16-11+,23-17-. The molecule has 0 bridgehead atoms. The van der Waals surface area contributed by atoms with Gasteiger partial charge in [0.15, 0.2) is 0 Å². The van der Waals surface area contributed by atoms with E-state index in [1.165, 1.54) is 24.3 Å². The van der Waals surface area contributed by atoms with Crippen LogP contribution in [0.5, 0.6) is 11.5 Å². The third kappa shape index (κ3) is 5.92. The van der Waals surface area contributed by atoms with Crippen LogP contribution >= 0.6 is 24.0 Å². The number of thiocarbonyl (C=S) groups is 1. The summed E-state index contributed by atoms with van der Waals surface area (Å²) >= 11 is 6.85. The Morgan fingerprint density at radius 1 is 1.00 bits per heavy atom. The highest BCUT2D eigenvalue weighted by atomic mass is 32.2. The van der Waals surface area contributed by atoms with Crippen LogP contribution in [-0.2, 0) is 9.59 Å². The van der Waals surface area contributed by atoms with Crippen molar-refractivity contribution in [2.75, 3.05) is 7.11 Å². The summed E-state index contributed by atoms with van der Waals surface area (Å²) in [5.41, 5.74) is 1.72. The molecule has 0 spiro atoms. The van der Waals surface area contributed by atoms with Crippen LogP contribution in [0.15, 0.2) is 59.5 Å². The monoisotopic (exact) mass is 479 g/mol. The van der Waals surface area contributed by atoms with Gasteiger partial charge in [0.05, 0.1) is 12.0 Å². The molecule has 0 radical (unpaired) electrons. The van der Waals surface area contributed by atoms with Crippen molar-refractivity contribution in [1.82, 2.24) is 4.90 Å². The highest BCUT2D eigenvalue weighted by Crippen LogP contribution is 2.37. The predicted molar refractivity (Wildman–Crippen MR) is 136 cm³/mol. The van der Waals surface area contributed by atoms with Crippen LogP contribution in [0.3, 0.4) is 0 Å². The van der Waals surface area contributed by atoms with E-state index in [9.17, 15) is 9.59 Å². The molecule has 2 aromatic carbocycles. The van der Waals surface area contributed by atoms with E-state index < -0.39 is 5.97 Å². The third-order valence-electron chi connectivity index (χ3n) is 5.69. The first-order valence-corrected chi connectivity index (χ1v) is 12.2. The lowest BCUT2D eigenvalue weighted by molar-refractivity contribution is -0.129. The number of hydrogen-bond donors (Lipinski definition) is 0. The zero-order valence-electron chi connectivity index (χ0n) is 18.4. The molecule has 170 valence electrons. The fourth-order valence-electron chi connectivity index (χ4n) is 3.95. The van der Waals surface area contributed by atoms with Gasteiger partial charge in [-0.15, -0.1) is 0 Å². The molecule has 0 N–H and O–H groups in total. The van der Waals surface area contributed by atoms with E-state index in [-0.39, 0.29) is 11.9 Å². The Balaban J connectivity index is 1.36. The first-order valence-electron chi connectivity index (χ1n) is 10.9. The molecule has 1 heterocycles. The first-order chi connectivity index (χ1) is 16.0. The molecule has 0 unspecified atom stereocenters. The van der Waals surface area contributed by atoms with Crippen LogP contribution in [0.4, 0.5) is 0 Å². The number of rotatable bonds is 6. The van der Waals surface area contributed by atoms with Crippen molar-refractivity contribution >= 4 is 52.3 Å². The zero-order valence-corrected chi connectivity index (χ0v) is 20.0. The van der Waals surface area contributed by atoms with Crippen molar-refractivity contribution in [3.63, 3.8) is 0 Å². The lowest BCUT2D eigenvalue weighted by atomic mass is 9.94. The molecule has 5 nitrogen and oxygen atoms in total. The quantitative estimate of drug-likeness (QED) is 0.224. The van der Waals surface area contributed by atoms with E-state index in [0.29, 0.717) is 15.0 Å². The lowest BCUT2D eigenvalue weighted by Gasteiger charge is -2.29. The van der Waals surface area contributed by atoms with Gasteiger partial charge in [-0.3, -0.25) is 9.69 Å². The molecule has 0 atom stereocenters. The van der Waals surface area contributed by atoms with Crippen molar-refractivity contribution in [2.45, 2.75) is 38.1 Å². The summed E-state index contributed by atoms with van der Waals surface area (Å²) in [5, 5.41) is 0. The SMILES string of the molecule is COc1ccc(/C=C/C(=O)Oc2ccc(/C=C3\SC(=S)N(C4CCCCC4)C3=O)cc2)cc1. The maximum absolute atomic E-state index is 12.9. The van der Waals surface area contributed by atoms with Gasteiger partial charge in [-0.1, -0.05) is 67.5 Å². The molecule has 2 fully saturated rings. The molecule has 0 aromatic heterocycles. The maximum atomic E-state index is 12.9. The van der Waals surface area contributed by atoms with Crippen molar-refractivity contribution in [3.8, 4) is 11.5 Å². The number of thioether (sulfide) groups is 1. The van der Waals surface area contributed by atoms with Gasteiger partial charge >= 0.3 is 5.97 Å². The second-order valence-electron chi connectivity index (χ2n) is 7.94. The van der Waals surface area contributed by atoms with Gasteiger partial charge in [0.1, 0.15) is 15.8 Å². The molecular weight excluding hydrogens is 454 g/mol. The van der Waals surface area contributed by atoms with Crippen LogP contribution in [0, 0.1) is 0 Å². The Labute approximate surface area is 203 Å². The second-order valence-corrected chi connectivity index (χ2v) is 9.62. The number of hydrogen-bond acceptors (Lipinski definition) is 6. The largest absolute Gasteiger partial charge is 0.497 e. The van der Waals surface area contributed by atoms with Gasteiger partial charge in [0.25, 0.3) is 5.91 Å². The Bertz CT molecular complexity index is 1080. The van der Waals surface area contributed by atoms with Gasteiger partial charge < -0.3 is 9.47 Å². The van der Waals surface area contributed by atoms with Crippen molar-refractivity contribution in [1.29, 1.82) is 0 Å².